The molecule has 1 saturated carbocycles. The first kappa shape index (κ1) is 11.9. The Kier molecular flexibility index (Phi) is 4.22. The molecule has 16 heavy (non-hydrogen) atoms. The third-order valence-electron chi connectivity index (χ3n) is 4.15. The van der Waals surface area contributed by atoms with E-state index in [1.165, 1.54) is 51.7 Å². The molecule has 92 valence electrons. The smallest absolute Gasteiger partial charge is 0.220 e. The van der Waals surface area contributed by atoms with Crippen LogP contribution in [0, 0.1) is 11.8 Å². The van der Waals surface area contributed by atoms with Gasteiger partial charge in [-0.2, -0.15) is 0 Å². The third kappa shape index (κ3) is 3.21. The molecule has 0 aromatic carbocycles. The van der Waals surface area contributed by atoms with Gasteiger partial charge in [0.05, 0.1) is 0 Å². The van der Waals surface area contributed by atoms with Crippen molar-refractivity contribution in [2.45, 2.75) is 44.9 Å². The van der Waals surface area contributed by atoms with Crippen molar-refractivity contribution in [3.63, 3.8) is 0 Å². The van der Waals surface area contributed by atoms with Gasteiger partial charge < -0.3 is 10.6 Å². The summed E-state index contributed by atoms with van der Waals surface area (Å²) in [7, 11) is 0. The first-order chi connectivity index (χ1) is 7.75. The van der Waals surface area contributed by atoms with Crippen LogP contribution in [-0.4, -0.2) is 30.4 Å². The van der Waals surface area contributed by atoms with Gasteiger partial charge in [-0.25, -0.2) is 0 Å². The predicted octanol–water partition coefficient (Wildman–Crippen LogP) is 1.76. The second-order valence-corrected chi connectivity index (χ2v) is 5.49. The SMILES string of the molecule is NC(=O)C1CCCC(CN2CCCCC2)C1. The molecule has 2 atom stereocenters. The van der Waals surface area contributed by atoms with Crippen LogP contribution in [0.5, 0.6) is 0 Å². The summed E-state index contributed by atoms with van der Waals surface area (Å²) in [5.41, 5.74) is 5.41. The molecule has 2 rings (SSSR count). The summed E-state index contributed by atoms with van der Waals surface area (Å²) in [5, 5.41) is 0. The number of primary amides is 1. The maximum absolute atomic E-state index is 11.2. The zero-order valence-corrected chi connectivity index (χ0v) is 10.2. The lowest BCUT2D eigenvalue weighted by molar-refractivity contribution is -0.123. The molecule has 0 aromatic rings. The van der Waals surface area contributed by atoms with Crippen molar-refractivity contribution in [2.75, 3.05) is 19.6 Å². The minimum Gasteiger partial charge on any atom is -0.369 e. The van der Waals surface area contributed by atoms with Gasteiger partial charge in [-0.3, -0.25) is 4.79 Å². The van der Waals surface area contributed by atoms with Crippen LogP contribution in [0.4, 0.5) is 0 Å². The molecule has 0 radical (unpaired) electrons. The fourth-order valence-corrected chi connectivity index (χ4v) is 3.22. The van der Waals surface area contributed by atoms with E-state index in [1.807, 2.05) is 0 Å². The molecule has 2 unspecified atom stereocenters. The molecular weight excluding hydrogens is 200 g/mol. The summed E-state index contributed by atoms with van der Waals surface area (Å²) in [6, 6.07) is 0. The van der Waals surface area contributed by atoms with E-state index in [1.54, 1.807) is 0 Å². The zero-order chi connectivity index (χ0) is 11.4. The number of amides is 1. The van der Waals surface area contributed by atoms with Gasteiger partial charge in [0.1, 0.15) is 0 Å². The van der Waals surface area contributed by atoms with Crippen LogP contribution in [0.25, 0.3) is 0 Å². The number of nitrogens with zero attached hydrogens (tertiary/aromatic N) is 1. The van der Waals surface area contributed by atoms with Gasteiger partial charge in [0.2, 0.25) is 5.91 Å². The Labute approximate surface area is 98.4 Å². The molecule has 1 heterocycles. The molecule has 1 amide bonds. The predicted molar refractivity (Wildman–Crippen MR) is 64.9 cm³/mol. The quantitative estimate of drug-likeness (QED) is 0.794. The molecular formula is C13H24N2O. The topological polar surface area (TPSA) is 46.3 Å². The highest BCUT2D eigenvalue weighted by molar-refractivity contribution is 5.76. The molecule has 0 bridgehead atoms. The van der Waals surface area contributed by atoms with Crippen molar-refractivity contribution in [1.82, 2.24) is 4.90 Å². The van der Waals surface area contributed by atoms with E-state index < -0.39 is 0 Å². The number of rotatable bonds is 3. The Balaban J connectivity index is 1.78. The van der Waals surface area contributed by atoms with Gasteiger partial charge in [0, 0.05) is 12.5 Å². The minimum atomic E-state index is -0.0802. The van der Waals surface area contributed by atoms with Gasteiger partial charge in [-0.15, -0.1) is 0 Å². The number of hydrogen-bond acceptors (Lipinski definition) is 2. The van der Waals surface area contributed by atoms with Crippen LogP contribution in [0.1, 0.15) is 44.9 Å². The Hall–Kier alpha value is -0.570. The minimum absolute atomic E-state index is 0.0802. The summed E-state index contributed by atoms with van der Waals surface area (Å²) < 4.78 is 0. The third-order valence-corrected chi connectivity index (χ3v) is 4.15. The second kappa shape index (κ2) is 5.67. The van der Waals surface area contributed by atoms with Gasteiger partial charge in [0.25, 0.3) is 0 Å². The van der Waals surface area contributed by atoms with Crippen molar-refractivity contribution in [3.05, 3.63) is 0 Å². The lowest BCUT2D eigenvalue weighted by Crippen LogP contribution is -2.37. The number of carbonyl (C=O) groups excluding carboxylic acids is 1. The van der Waals surface area contributed by atoms with Crippen molar-refractivity contribution in [1.29, 1.82) is 0 Å². The van der Waals surface area contributed by atoms with Crippen LogP contribution in [0.15, 0.2) is 0 Å². The molecule has 1 saturated heterocycles. The van der Waals surface area contributed by atoms with Crippen molar-refractivity contribution in [2.24, 2.45) is 17.6 Å². The first-order valence-electron chi connectivity index (χ1n) is 6.77. The molecule has 1 aliphatic carbocycles. The zero-order valence-electron chi connectivity index (χ0n) is 10.2. The van der Waals surface area contributed by atoms with Crippen molar-refractivity contribution < 1.29 is 4.79 Å². The normalized spacial score (nSPS) is 32.5. The lowest BCUT2D eigenvalue weighted by atomic mass is 9.80. The summed E-state index contributed by atoms with van der Waals surface area (Å²) >= 11 is 0. The Morgan fingerprint density at radius 2 is 1.88 bits per heavy atom. The molecule has 2 N–H and O–H groups in total. The monoisotopic (exact) mass is 224 g/mol. The fraction of sp³-hybridized carbons (Fsp3) is 0.923. The molecule has 0 spiro atoms. The van der Waals surface area contributed by atoms with Crippen LogP contribution in [0.2, 0.25) is 0 Å². The van der Waals surface area contributed by atoms with Crippen LogP contribution >= 0.6 is 0 Å². The Morgan fingerprint density at radius 1 is 1.12 bits per heavy atom. The van der Waals surface area contributed by atoms with E-state index in [2.05, 4.69) is 4.90 Å². The molecule has 3 nitrogen and oxygen atoms in total. The highest BCUT2D eigenvalue weighted by Crippen LogP contribution is 2.29. The summed E-state index contributed by atoms with van der Waals surface area (Å²) in [6.07, 6.45) is 8.63. The maximum atomic E-state index is 11.2. The number of carbonyl (C=O) groups is 1. The van der Waals surface area contributed by atoms with Gasteiger partial charge in [-0.05, 0) is 51.1 Å². The van der Waals surface area contributed by atoms with E-state index in [0.717, 1.165) is 12.8 Å². The highest BCUT2D eigenvalue weighted by Gasteiger charge is 2.27. The lowest BCUT2D eigenvalue weighted by Gasteiger charge is -2.34. The second-order valence-electron chi connectivity index (χ2n) is 5.49. The fourth-order valence-electron chi connectivity index (χ4n) is 3.22. The number of hydrogen-bond donors (Lipinski definition) is 1. The van der Waals surface area contributed by atoms with E-state index in [9.17, 15) is 4.79 Å². The molecule has 0 aromatic heterocycles. The van der Waals surface area contributed by atoms with Crippen LogP contribution in [-0.2, 0) is 4.79 Å². The Bertz CT molecular complexity index is 236. The molecule has 3 heteroatoms. The largest absolute Gasteiger partial charge is 0.369 e. The molecule has 2 fully saturated rings. The standard InChI is InChI=1S/C13H24N2O/c14-13(16)12-6-4-5-11(9-12)10-15-7-2-1-3-8-15/h11-12H,1-10H2,(H2,14,16). The van der Waals surface area contributed by atoms with Crippen LogP contribution in [0.3, 0.4) is 0 Å². The highest BCUT2D eigenvalue weighted by atomic mass is 16.1. The molecule has 1 aliphatic heterocycles. The summed E-state index contributed by atoms with van der Waals surface area (Å²) in [6.45, 7) is 3.72. The van der Waals surface area contributed by atoms with E-state index in [4.69, 9.17) is 5.73 Å². The summed E-state index contributed by atoms with van der Waals surface area (Å²) in [5.74, 6) is 0.788. The van der Waals surface area contributed by atoms with E-state index >= 15 is 0 Å². The van der Waals surface area contributed by atoms with Crippen molar-refractivity contribution in [3.8, 4) is 0 Å². The number of nitrogens with two attached hydrogens (primary N) is 1. The number of piperidine rings is 1. The number of likely N-dealkylation sites (tertiary alicyclic amines) is 1. The molecule has 2 aliphatic rings. The Morgan fingerprint density at radius 3 is 2.56 bits per heavy atom. The van der Waals surface area contributed by atoms with Crippen LogP contribution < -0.4 is 5.73 Å². The van der Waals surface area contributed by atoms with Gasteiger partial charge in [0.15, 0.2) is 0 Å². The maximum Gasteiger partial charge on any atom is 0.220 e. The average Bonchev–Trinajstić information content (AvgIpc) is 2.30. The first-order valence-corrected chi connectivity index (χ1v) is 6.77. The van der Waals surface area contributed by atoms with E-state index in [0.29, 0.717) is 5.92 Å². The summed E-state index contributed by atoms with van der Waals surface area (Å²) in [4.78, 5) is 13.8. The average molecular weight is 224 g/mol. The van der Waals surface area contributed by atoms with Crippen molar-refractivity contribution >= 4 is 5.91 Å². The van der Waals surface area contributed by atoms with Gasteiger partial charge >= 0.3 is 0 Å². The van der Waals surface area contributed by atoms with E-state index in [-0.39, 0.29) is 11.8 Å². The van der Waals surface area contributed by atoms with Gasteiger partial charge in [-0.1, -0.05) is 12.8 Å².